The average Bonchev–Trinajstić information content (AvgIpc) is 3.05. The van der Waals surface area contributed by atoms with Crippen molar-refractivity contribution >= 4 is 17.5 Å². The van der Waals surface area contributed by atoms with Gasteiger partial charge in [0.15, 0.2) is 5.82 Å². The van der Waals surface area contributed by atoms with Gasteiger partial charge in [0.2, 0.25) is 5.91 Å². The quantitative estimate of drug-likeness (QED) is 0.881. The van der Waals surface area contributed by atoms with Gasteiger partial charge in [0.05, 0.1) is 18.4 Å². The summed E-state index contributed by atoms with van der Waals surface area (Å²) in [5.41, 5.74) is 1.58. The summed E-state index contributed by atoms with van der Waals surface area (Å²) in [6.45, 7) is 1.17. The van der Waals surface area contributed by atoms with Crippen LogP contribution in [-0.4, -0.2) is 34.2 Å². The van der Waals surface area contributed by atoms with Crippen LogP contribution in [0.1, 0.15) is 18.7 Å². The summed E-state index contributed by atoms with van der Waals surface area (Å²) in [5.74, 6) is 1.26. The van der Waals surface area contributed by atoms with Gasteiger partial charge in [-0.25, -0.2) is 4.98 Å². The number of rotatable bonds is 5. The van der Waals surface area contributed by atoms with Crippen molar-refractivity contribution in [1.29, 1.82) is 0 Å². The van der Waals surface area contributed by atoms with Crippen LogP contribution in [0.4, 0.5) is 0 Å². The number of ether oxygens (including phenoxy) is 1. The number of H-pyrrole nitrogens is 1. The monoisotopic (exact) mass is 332 g/mol. The summed E-state index contributed by atoms with van der Waals surface area (Å²) in [7, 11) is 0. The van der Waals surface area contributed by atoms with Gasteiger partial charge in [-0.15, -0.1) is 0 Å². The van der Waals surface area contributed by atoms with Crippen LogP contribution in [0.3, 0.4) is 0 Å². The Labute approximate surface area is 138 Å². The highest BCUT2D eigenvalue weighted by atomic mass is 35.5. The molecule has 0 fully saturated rings. The Hall–Kier alpha value is -2.34. The third-order valence-corrected chi connectivity index (χ3v) is 3.76. The second kappa shape index (κ2) is 7.28. The van der Waals surface area contributed by atoms with E-state index in [0.717, 1.165) is 24.2 Å². The SMILES string of the molecule is O=C(NCCc1nc(-c2ccc(Cl)cc2)n[nH]1)C1=COCCC1. The fourth-order valence-corrected chi connectivity index (χ4v) is 2.40. The van der Waals surface area contributed by atoms with Crippen molar-refractivity contribution in [3.63, 3.8) is 0 Å². The second-order valence-electron chi connectivity index (χ2n) is 5.24. The van der Waals surface area contributed by atoms with E-state index in [1.165, 1.54) is 0 Å². The first kappa shape index (κ1) is 15.6. The van der Waals surface area contributed by atoms with E-state index in [-0.39, 0.29) is 5.91 Å². The minimum absolute atomic E-state index is 0.0814. The Morgan fingerprint density at radius 2 is 2.17 bits per heavy atom. The van der Waals surface area contributed by atoms with Gasteiger partial charge in [0.1, 0.15) is 5.82 Å². The lowest BCUT2D eigenvalue weighted by atomic mass is 10.1. The van der Waals surface area contributed by atoms with Gasteiger partial charge in [-0.3, -0.25) is 9.89 Å². The lowest BCUT2D eigenvalue weighted by molar-refractivity contribution is -0.117. The maximum atomic E-state index is 11.9. The Morgan fingerprint density at radius 1 is 1.35 bits per heavy atom. The molecule has 0 atom stereocenters. The molecule has 3 rings (SSSR count). The zero-order valence-corrected chi connectivity index (χ0v) is 13.3. The molecular formula is C16H17ClN4O2. The zero-order chi connectivity index (χ0) is 16.1. The topological polar surface area (TPSA) is 79.9 Å². The van der Waals surface area contributed by atoms with Crippen LogP contribution in [0.25, 0.3) is 11.4 Å². The number of aromatic nitrogens is 3. The van der Waals surface area contributed by atoms with Crippen LogP contribution in [0.15, 0.2) is 36.1 Å². The van der Waals surface area contributed by atoms with E-state index >= 15 is 0 Å². The Morgan fingerprint density at radius 3 is 2.91 bits per heavy atom. The molecule has 1 aliphatic rings. The molecule has 1 amide bonds. The molecule has 0 bridgehead atoms. The van der Waals surface area contributed by atoms with Crippen molar-refractivity contribution < 1.29 is 9.53 Å². The lowest BCUT2D eigenvalue weighted by Crippen LogP contribution is -2.28. The van der Waals surface area contributed by atoms with Crippen LogP contribution < -0.4 is 5.32 Å². The highest BCUT2D eigenvalue weighted by molar-refractivity contribution is 6.30. The molecule has 1 aromatic heterocycles. The van der Waals surface area contributed by atoms with E-state index in [4.69, 9.17) is 16.3 Å². The highest BCUT2D eigenvalue weighted by Crippen LogP contribution is 2.17. The second-order valence-corrected chi connectivity index (χ2v) is 5.67. The molecule has 23 heavy (non-hydrogen) atoms. The molecule has 0 saturated carbocycles. The Balaban J connectivity index is 1.52. The number of aromatic amines is 1. The van der Waals surface area contributed by atoms with Crippen LogP contribution >= 0.6 is 11.6 Å². The number of hydrogen-bond donors (Lipinski definition) is 2. The average molecular weight is 333 g/mol. The van der Waals surface area contributed by atoms with Crippen molar-refractivity contribution in [3.8, 4) is 11.4 Å². The van der Waals surface area contributed by atoms with Gasteiger partial charge in [0.25, 0.3) is 0 Å². The van der Waals surface area contributed by atoms with Gasteiger partial charge in [0, 0.05) is 23.6 Å². The van der Waals surface area contributed by atoms with Crippen LogP contribution in [0.5, 0.6) is 0 Å². The lowest BCUT2D eigenvalue weighted by Gasteiger charge is -2.13. The predicted molar refractivity (Wildman–Crippen MR) is 86.8 cm³/mol. The van der Waals surface area contributed by atoms with Crippen molar-refractivity contribution in [2.24, 2.45) is 0 Å². The maximum absolute atomic E-state index is 11.9. The minimum Gasteiger partial charge on any atom is -0.501 e. The van der Waals surface area contributed by atoms with Gasteiger partial charge in [-0.2, -0.15) is 5.10 Å². The molecule has 0 unspecified atom stereocenters. The fourth-order valence-electron chi connectivity index (χ4n) is 2.27. The molecule has 2 N–H and O–H groups in total. The fraction of sp³-hybridized carbons (Fsp3) is 0.312. The summed E-state index contributed by atoms with van der Waals surface area (Å²) in [6.07, 6.45) is 3.77. The van der Waals surface area contributed by atoms with Crippen LogP contribution in [0.2, 0.25) is 5.02 Å². The number of amides is 1. The molecule has 2 aromatic rings. The van der Waals surface area contributed by atoms with E-state index < -0.39 is 0 Å². The van der Waals surface area contributed by atoms with E-state index in [1.54, 1.807) is 18.4 Å². The summed E-state index contributed by atoms with van der Waals surface area (Å²) in [6, 6.07) is 7.33. The van der Waals surface area contributed by atoms with E-state index in [1.807, 2.05) is 12.1 Å². The van der Waals surface area contributed by atoms with Crippen molar-refractivity contribution in [2.45, 2.75) is 19.3 Å². The van der Waals surface area contributed by atoms with Crippen molar-refractivity contribution in [1.82, 2.24) is 20.5 Å². The number of nitrogens with zero attached hydrogens (tertiary/aromatic N) is 2. The summed E-state index contributed by atoms with van der Waals surface area (Å²) >= 11 is 5.86. The molecule has 0 radical (unpaired) electrons. The Bertz CT molecular complexity index is 709. The molecule has 6 nitrogen and oxygen atoms in total. The van der Waals surface area contributed by atoms with Crippen LogP contribution in [-0.2, 0) is 16.0 Å². The molecule has 0 spiro atoms. The summed E-state index contributed by atoms with van der Waals surface area (Å²) in [5, 5.41) is 10.6. The van der Waals surface area contributed by atoms with Crippen LogP contribution in [0, 0.1) is 0 Å². The number of carbonyl (C=O) groups is 1. The molecule has 0 saturated heterocycles. The molecular weight excluding hydrogens is 316 g/mol. The first-order valence-corrected chi connectivity index (χ1v) is 7.86. The first-order valence-electron chi connectivity index (χ1n) is 7.48. The smallest absolute Gasteiger partial charge is 0.250 e. The van der Waals surface area contributed by atoms with E-state index in [0.29, 0.717) is 36.0 Å². The maximum Gasteiger partial charge on any atom is 0.250 e. The number of carbonyl (C=O) groups excluding carboxylic acids is 1. The summed E-state index contributed by atoms with van der Waals surface area (Å²) in [4.78, 5) is 16.3. The van der Waals surface area contributed by atoms with Gasteiger partial charge in [-0.1, -0.05) is 11.6 Å². The molecule has 1 aliphatic heterocycles. The van der Waals surface area contributed by atoms with Crippen molar-refractivity contribution in [3.05, 3.63) is 46.9 Å². The van der Waals surface area contributed by atoms with E-state index in [2.05, 4.69) is 20.5 Å². The normalized spacial score (nSPS) is 14.0. The number of nitrogens with one attached hydrogen (secondary N) is 2. The largest absolute Gasteiger partial charge is 0.501 e. The molecule has 0 aliphatic carbocycles. The minimum atomic E-state index is -0.0814. The van der Waals surface area contributed by atoms with E-state index in [9.17, 15) is 4.79 Å². The number of hydrogen-bond acceptors (Lipinski definition) is 4. The predicted octanol–water partition coefficient (Wildman–Crippen LogP) is 2.48. The number of benzene rings is 1. The molecule has 1 aromatic carbocycles. The highest BCUT2D eigenvalue weighted by Gasteiger charge is 2.13. The molecule has 120 valence electrons. The third kappa shape index (κ3) is 4.10. The van der Waals surface area contributed by atoms with Gasteiger partial charge in [-0.05, 0) is 37.1 Å². The first-order chi connectivity index (χ1) is 11.2. The third-order valence-electron chi connectivity index (χ3n) is 3.51. The van der Waals surface area contributed by atoms with Gasteiger partial charge < -0.3 is 10.1 Å². The number of halogens is 1. The van der Waals surface area contributed by atoms with Crippen molar-refractivity contribution in [2.75, 3.05) is 13.2 Å². The standard InChI is InChI=1S/C16H17ClN4O2/c17-13-5-3-11(4-6-13)15-19-14(20-21-15)7-8-18-16(22)12-2-1-9-23-10-12/h3-6,10H,1-2,7-9H2,(H,18,22)(H,19,20,21). The summed E-state index contributed by atoms with van der Waals surface area (Å²) < 4.78 is 5.17. The molecule has 7 heteroatoms. The van der Waals surface area contributed by atoms with Gasteiger partial charge >= 0.3 is 0 Å². The Kier molecular flexibility index (Phi) is 4.92. The zero-order valence-electron chi connectivity index (χ0n) is 12.5. The molecule has 2 heterocycles.